The zero-order chi connectivity index (χ0) is 16.0. The Morgan fingerprint density at radius 2 is 1.83 bits per heavy atom. The third-order valence-corrected chi connectivity index (χ3v) is 4.08. The molecule has 2 aromatic carbocycles. The van der Waals surface area contributed by atoms with Crippen LogP contribution in [-0.4, -0.2) is 19.2 Å². The number of aromatic nitrogens is 4. The van der Waals surface area contributed by atoms with Crippen molar-refractivity contribution in [2.24, 2.45) is 0 Å². The molecule has 0 fully saturated rings. The summed E-state index contributed by atoms with van der Waals surface area (Å²) in [4.78, 5) is 17.0. The number of rotatable bonds is 2. The lowest BCUT2D eigenvalue weighted by atomic mass is 10.2. The molecule has 23 heavy (non-hydrogen) atoms. The summed E-state index contributed by atoms with van der Waals surface area (Å²) >= 11 is 6.16. The number of halogens is 1. The minimum absolute atomic E-state index is 0.221. The molecule has 6 nitrogen and oxygen atoms in total. The van der Waals surface area contributed by atoms with Crippen LogP contribution in [0, 0.1) is 0 Å². The first-order chi connectivity index (χ1) is 11.1. The zero-order valence-corrected chi connectivity index (χ0v) is 12.7. The van der Waals surface area contributed by atoms with Crippen molar-refractivity contribution in [1.82, 2.24) is 19.2 Å². The van der Waals surface area contributed by atoms with Gasteiger partial charge >= 0.3 is 5.69 Å². The summed E-state index contributed by atoms with van der Waals surface area (Å²) in [5, 5.41) is 4.91. The van der Waals surface area contributed by atoms with Crippen LogP contribution in [0.25, 0.3) is 16.7 Å². The molecule has 0 aliphatic carbocycles. The standard InChI is InChI=1S/C16H12ClN5O/c17-11-6-2-1-5-10(11)9-21-16(23)22-13-8-4-3-7-12(13)19-14(18)15(22)20-21/h1-8H,9H2,(H2,18,19). The van der Waals surface area contributed by atoms with Gasteiger partial charge in [0.1, 0.15) is 0 Å². The van der Waals surface area contributed by atoms with Gasteiger partial charge in [0.25, 0.3) is 0 Å². The number of fused-ring (bicyclic) bond motifs is 3. The van der Waals surface area contributed by atoms with Gasteiger partial charge in [-0.2, -0.15) is 0 Å². The molecule has 0 bridgehead atoms. The third-order valence-electron chi connectivity index (χ3n) is 3.71. The predicted molar refractivity (Wildman–Crippen MR) is 89.7 cm³/mol. The van der Waals surface area contributed by atoms with Gasteiger partial charge in [0.05, 0.1) is 17.6 Å². The number of para-hydroxylation sites is 2. The van der Waals surface area contributed by atoms with Crippen molar-refractivity contribution in [2.75, 3.05) is 5.73 Å². The lowest BCUT2D eigenvalue weighted by Crippen LogP contribution is -2.22. The molecule has 0 aliphatic rings. The normalized spacial score (nSPS) is 11.3. The van der Waals surface area contributed by atoms with Crippen molar-refractivity contribution >= 4 is 34.1 Å². The molecule has 0 unspecified atom stereocenters. The fraction of sp³-hybridized carbons (Fsp3) is 0.0625. The van der Waals surface area contributed by atoms with E-state index in [1.807, 2.05) is 42.5 Å². The van der Waals surface area contributed by atoms with Crippen molar-refractivity contribution in [2.45, 2.75) is 6.54 Å². The minimum atomic E-state index is -0.273. The first kappa shape index (κ1) is 13.8. The molecule has 4 aromatic rings. The number of nitrogens with two attached hydrogens (primary N) is 1. The number of anilines is 1. The highest BCUT2D eigenvalue weighted by molar-refractivity contribution is 6.31. The monoisotopic (exact) mass is 325 g/mol. The summed E-state index contributed by atoms with van der Waals surface area (Å²) in [7, 11) is 0. The van der Waals surface area contributed by atoms with Crippen LogP contribution in [0.3, 0.4) is 0 Å². The zero-order valence-electron chi connectivity index (χ0n) is 12.0. The Hall–Kier alpha value is -2.86. The highest BCUT2D eigenvalue weighted by Gasteiger charge is 2.14. The van der Waals surface area contributed by atoms with E-state index in [0.717, 1.165) is 5.56 Å². The quantitative estimate of drug-likeness (QED) is 0.613. The Bertz CT molecular complexity index is 1100. The lowest BCUT2D eigenvalue weighted by molar-refractivity contribution is 0.660. The number of hydrogen-bond acceptors (Lipinski definition) is 4. The van der Waals surface area contributed by atoms with Crippen LogP contribution in [0.15, 0.2) is 53.3 Å². The van der Waals surface area contributed by atoms with E-state index in [9.17, 15) is 4.79 Å². The Morgan fingerprint density at radius 3 is 2.65 bits per heavy atom. The van der Waals surface area contributed by atoms with Crippen LogP contribution in [-0.2, 0) is 6.54 Å². The summed E-state index contributed by atoms with van der Waals surface area (Å²) in [6.07, 6.45) is 0. The van der Waals surface area contributed by atoms with Crippen molar-refractivity contribution in [3.63, 3.8) is 0 Å². The van der Waals surface area contributed by atoms with Gasteiger partial charge in [-0.25, -0.2) is 18.9 Å². The van der Waals surface area contributed by atoms with Gasteiger partial charge in [0.2, 0.25) is 5.65 Å². The maximum Gasteiger partial charge on any atom is 0.351 e. The Morgan fingerprint density at radius 1 is 1.09 bits per heavy atom. The minimum Gasteiger partial charge on any atom is -0.381 e. The molecule has 114 valence electrons. The maximum atomic E-state index is 12.7. The first-order valence-electron chi connectivity index (χ1n) is 7.02. The van der Waals surface area contributed by atoms with Crippen LogP contribution in [0.1, 0.15) is 5.56 Å². The molecule has 2 heterocycles. The fourth-order valence-electron chi connectivity index (χ4n) is 2.61. The van der Waals surface area contributed by atoms with Crippen LogP contribution in [0.5, 0.6) is 0 Å². The van der Waals surface area contributed by atoms with Gasteiger partial charge in [0, 0.05) is 5.02 Å². The second-order valence-corrected chi connectivity index (χ2v) is 5.58. The molecule has 0 amide bonds. The SMILES string of the molecule is Nc1nc2ccccc2n2c(=O)n(Cc3ccccc3Cl)nc12. The van der Waals surface area contributed by atoms with E-state index in [1.54, 1.807) is 6.07 Å². The van der Waals surface area contributed by atoms with Crippen LogP contribution in [0.2, 0.25) is 5.02 Å². The average Bonchev–Trinajstić information content (AvgIpc) is 2.88. The number of benzene rings is 2. The fourth-order valence-corrected chi connectivity index (χ4v) is 2.80. The van der Waals surface area contributed by atoms with E-state index in [-0.39, 0.29) is 18.1 Å². The lowest BCUT2D eigenvalue weighted by Gasteiger charge is -2.02. The summed E-state index contributed by atoms with van der Waals surface area (Å²) in [6.45, 7) is 0.272. The van der Waals surface area contributed by atoms with Gasteiger partial charge in [-0.1, -0.05) is 41.9 Å². The van der Waals surface area contributed by atoms with Crippen LogP contribution in [0.4, 0.5) is 5.82 Å². The van der Waals surface area contributed by atoms with Crippen molar-refractivity contribution < 1.29 is 0 Å². The van der Waals surface area contributed by atoms with E-state index in [1.165, 1.54) is 9.08 Å². The second kappa shape index (κ2) is 5.10. The molecule has 0 spiro atoms. The van der Waals surface area contributed by atoms with E-state index in [4.69, 9.17) is 17.3 Å². The molecular formula is C16H12ClN5O. The van der Waals surface area contributed by atoms with Crippen molar-refractivity contribution in [3.8, 4) is 0 Å². The van der Waals surface area contributed by atoms with Crippen molar-refractivity contribution in [3.05, 3.63) is 69.6 Å². The van der Waals surface area contributed by atoms with Gasteiger partial charge in [-0.15, -0.1) is 5.10 Å². The summed E-state index contributed by atoms with van der Waals surface area (Å²) < 4.78 is 2.83. The highest BCUT2D eigenvalue weighted by atomic mass is 35.5. The Balaban J connectivity index is 1.98. The summed E-state index contributed by atoms with van der Waals surface area (Å²) in [5.74, 6) is 0.221. The van der Waals surface area contributed by atoms with E-state index in [0.29, 0.717) is 21.7 Å². The molecule has 0 aliphatic heterocycles. The van der Waals surface area contributed by atoms with Gasteiger partial charge < -0.3 is 5.73 Å². The number of nitrogens with zero attached hydrogens (tertiary/aromatic N) is 4. The maximum absolute atomic E-state index is 12.7. The van der Waals surface area contributed by atoms with Crippen LogP contribution >= 0.6 is 11.6 Å². The van der Waals surface area contributed by atoms with E-state index in [2.05, 4.69) is 10.1 Å². The summed E-state index contributed by atoms with van der Waals surface area (Å²) in [5.41, 5.74) is 8.17. The average molecular weight is 326 g/mol. The van der Waals surface area contributed by atoms with E-state index >= 15 is 0 Å². The van der Waals surface area contributed by atoms with Gasteiger partial charge in [-0.3, -0.25) is 0 Å². The molecule has 0 saturated carbocycles. The number of nitrogen functional groups attached to an aromatic ring is 1. The summed E-state index contributed by atoms with van der Waals surface area (Å²) in [6, 6.07) is 14.7. The molecule has 2 aromatic heterocycles. The molecule has 2 N–H and O–H groups in total. The molecule has 4 rings (SSSR count). The van der Waals surface area contributed by atoms with E-state index < -0.39 is 0 Å². The Labute approximate surface area is 135 Å². The van der Waals surface area contributed by atoms with Crippen molar-refractivity contribution in [1.29, 1.82) is 0 Å². The largest absolute Gasteiger partial charge is 0.381 e. The first-order valence-corrected chi connectivity index (χ1v) is 7.40. The topological polar surface area (TPSA) is 78.2 Å². The van der Waals surface area contributed by atoms with Gasteiger partial charge in [0.15, 0.2) is 5.82 Å². The molecule has 7 heteroatoms. The highest BCUT2D eigenvalue weighted by Crippen LogP contribution is 2.18. The molecule has 0 saturated heterocycles. The number of hydrogen-bond donors (Lipinski definition) is 1. The molecule has 0 radical (unpaired) electrons. The smallest absolute Gasteiger partial charge is 0.351 e. The third kappa shape index (κ3) is 2.15. The van der Waals surface area contributed by atoms with Gasteiger partial charge in [-0.05, 0) is 23.8 Å². The second-order valence-electron chi connectivity index (χ2n) is 5.18. The molecular weight excluding hydrogens is 314 g/mol. The predicted octanol–water partition coefficient (Wildman–Crippen LogP) is 2.33. The Kier molecular flexibility index (Phi) is 3.06. The molecule has 0 atom stereocenters. The van der Waals surface area contributed by atoms with Crippen LogP contribution < -0.4 is 11.4 Å².